The van der Waals surface area contributed by atoms with Crippen molar-refractivity contribution in [2.75, 3.05) is 0 Å². The molecule has 0 aromatic carbocycles. The van der Waals surface area contributed by atoms with Gasteiger partial charge in [0.1, 0.15) is 0 Å². The fourth-order valence-electron chi connectivity index (χ4n) is 0.0815. The van der Waals surface area contributed by atoms with Gasteiger partial charge in [0.25, 0.3) is 0 Å². The summed E-state index contributed by atoms with van der Waals surface area (Å²) in [6.45, 7) is 0. The van der Waals surface area contributed by atoms with Crippen LogP contribution in [0.1, 0.15) is 1.43 Å². The summed E-state index contributed by atoms with van der Waals surface area (Å²) < 4.78 is 54.9. The molecule has 0 spiro atoms. The SMILES string of the molecule is O=S(=O)(O)OOS(=O)(=O)OO.[H-].[Na+]. The van der Waals surface area contributed by atoms with Crippen LogP contribution in [0.2, 0.25) is 0 Å². The van der Waals surface area contributed by atoms with Crippen molar-refractivity contribution in [3.05, 3.63) is 0 Å². The third kappa shape index (κ3) is 8.79. The topological polar surface area (TPSA) is 136 Å². The van der Waals surface area contributed by atoms with Crippen LogP contribution in [0.5, 0.6) is 0 Å². The Labute approximate surface area is 91.1 Å². The third-order valence-corrected chi connectivity index (χ3v) is 1.03. The number of rotatable bonds is 4. The van der Waals surface area contributed by atoms with Crippen molar-refractivity contribution in [1.29, 1.82) is 0 Å². The molecular formula is H3NaO9S2. The van der Waals surface area contributed by atoms with Gasteiger partial charge in [-0.15, -0.1) is 0 Å². The molecule has 0 aromatic rings. The van der Waals surface area contributed by atoms with Gasteiger partial charge < -0.3 is 1.43 Å². The molecule has 0 bridgehead atoms. The Balaban J connectivity index is -0.000000500. The molecule has 0 aromatic heterocycles. The summed E-state index contributed by atoms with van der Waals surface area (Å²) in [5.74, 6) is 0. The standard InChI is InChI=1S/Na.H2O9S2.H/c;1-7-11(5,6)9-8-10(2,3)4;/h;1H,(H,2,3,4);/q+1;;-1. The molecule has 0 aliphatic rings. The summed E-state index contributed by atoms with van der Waals surface area (Å²) in [6, 6.07) is 0. The molecule has 0 unspecified atom stereocenters. The minimum Gasteiger partial charge on any atom is -1.00 e. The van der Waals surface area contributed by atoms with E-state index in [-0.39, 0.29) is 31.0 Å². The van der Waals surface area contributed by atoms with E-state index in [1.807, 2.05) is 0 Å². The maximum Gasteiger partial charge on any atom is 1.00 e. The molecule has 0 aliphatic heterocycles. The van der Waals surface area contributed by atoms with Crippen LogP contribution in [0.4, 0.5) is 0 Å². The van der Waals surface area contributed by atoms with E-state index >= 15 is 0 Å². The predicted molar refractivity (Wildman–Crippen MR) is 27.5 cm³/mol. The van der Waals surface area contributed by atoms with Crippen molar-refractivity contribution in [1.82, 2.24) is 0 Å². The molecule has 70 valence electrons. The van der Waals surface area contributed by atoms with E-state index < -0.39 is 20.8 Å². The summed E-state index contributed by atoms with van der Waals surface area (Å²) >= 11 is 0. The molecule has 9 nitrogen and oxygen atoms in total. The molecule has 0 fully saturated rings. The first-order chi connectivity index (χ1) is 4.77. The van der Waals surface area contributed by atoms with Gasteiger partial charge in [0.2, 0.25) is 0 Å². The van der Waals surface area contributed by atoms with Gasteiger partial charge in [0, 0.05) is 0 Å². The van der Waals surface area contributed by atoms with Gasteiger partial charge in [-0.25, -0.2) is 5.26 Å². The minimum absolute atomic E-state index is 0. The van der Waals surface area contributed by atoms with E-state index in [1.165, 1.54) is 0 Å². The molecule has 0 aliphatic carbocycles. The van der Waals surface area contributed by atoms with Gasteiger partial charge in [0.15, 0.2) is 0 Å². The molecular weight excluding hydrogens is 231 g/mol. The zero-order chi connectivity index (χ0) is 9.12. The second-order valence-electron chi connectivity index (χ2n) is 1.05. The van der Waals surface area contributed by atoms with Crippen LogP contribution in [-0.2, 0) is 33.8 Å². The van der Waals surface area contributed by atoms with E-state index in [0.717, 1.165) is 0 Å². The van der Waals surface area contributed by atoms with E-state index in [4.69, 9.17) is 9.81 Å². The third-order valence-electron chi connectivity index (χ3n) is 0.288. The molecule has 0 amide bonds. The van der Waals surface area contributed by atoms with Gasteiger partial charge in [-0.05, 0) is 0 Å². The Bertz CT molecular complexity index is 299. The molecule has 2 N–H and O–H groups in total. The van der Waals surface area contributed by atoms with Crippen LogP contribution < -0.4 is 29.6 Å². The van der Waals surface area contributed by atoms with E-state index in [0.29, 0.717) is 0 Å². The second-order valence-corrected chi connectivity index (χ2v) is 3.14. The van der Waals surface area contributed by atoms with Crippen molar-refractivity contribution in [2.45, 2.75) is 0 Å². The molecule has 0 saturated carbocycles. The molecule has 0 heterocycles. The largest absolute Gasteiger partial charge is 1.00 e. The van der Waals surface area contributed by atoms with Crippen molar-refractivity contribution in [3.63, 3.8) is 0 Å². The summed E-state index contributed by atoms with van der Waals surface area (Å²) in [7, 11) is -10.0. The molecule has 12 heavy (non-hydrogen) atoms. The fraction of sp³-hybridized carbons (Fsp3) is 0. The summed E-state index contributed by atoms with van der Waals surface area (Å²) in [4.78, 5) is 0. The van der Waals surface area contributed by atoms with E-state index in [1.54, 1.807) is 0 Å². The van der Waals surface area contributed by atoms with Gasteiger partial charge in [0.05, 0.1) is 0 Å². The molecule has 0 atom stereocenters. The monoisotopic (exact) mass is 234 g/mol. The average Bonchev–Trinajstić information content (AvgIpc) is 1.83. The van der Waals surface area contributed by atoms with Gasteiger partial charge in [-0.2, -0.15) is 16.8 Å². The number of hydrogen-bond donors (Lipinski definition) is 2. The maximum atomic E-state index is 9.85. The van der Waals surface area contributed by atoms with Crippen molar-refractivity contribution in [2.24, 2.45) is 0 Å². The summed E-state index contributed by atoms with van der Waals surface area (Å²) in [6.07, 6.45) is 0. The first kappa shape index (κ1) is 15.2. The van der Waals surface area contributed by atoms with Gasteiger partial charge in [-0.1, -0.05) is 13.0 Å². The van der Waals surface area contributed by atoms with Crippen LogP contribution in [0.15, 0.2) is 0 Å². The van der Waals surface area contributed by atoms with Crippen LogP contribution in [0, 0.1) is 0 Å². The minimum atomic E-state index is -5.06. The van der Waals surface area contributed by atoms with Gasteiger partial charge in [-0.3, -0.25) is 4.55 Å². The Morgan fingerprint density at radius 3 is 1.75 bits per heavy atom. The van der Waals surface area contributed by atoms with Gasteiger partial charge >= 0.3 is 50.4 Å². The first-order valence-electron chi connectivity index (χ1n) is 1.70. The smallest absolute Gasteiger partial charge is 1.00 e. The fourth-order valence-corrected chi connectivity index (χ4v) is 0.659. The number of hydrogen-bond acceptors (Lipinski definition) is 8. The normalized spacial score (nSPS) is 12.2. The van der Waals surface area contributed by atoms with Crippen molar-refractivity contribution >= 4 is 20.8 Å². The quantitative estimate of drug-likeness (QED) is 0.213. The van der Waals surface area contributed by atoms with Crippen LogP contribution >= 0.6 is 0 Å². The predicted octanol–water partition coefficient (Wildman–Crippen LogP) is -4.41. The maximum absolute atomic E-state index is 9.85. The first-order valence-corrected chi connectivity index (χ1v) is 4.40. The molecule has 0 radical (unpaired) electrons. The summed E-state index contributed by atoms with van der Waals surface area (Å²) in [5, 5.41) is 7.42. The van der Waals surface area contributed by atoms with Crippen molar-refractivity contribution in [3.8, 4) is 0 Å². The van der Waals surface area contributed by atoms with E-state index in [2.05, 4.69) is 13.0 Å². The Morgan fingerprint density at radius 1 is 1.08 bits per heavy atom. The van der Waals surface area contributed by atoms with Crippen LogP contribution in [-0.4, -0.2) is 26.6 Å². The summed E-state index contributed by atoms with van der Waals surface area (Å²) in [5.41, 5.74) is 0. The van der Waals surface area contributed by atoms with Crippen LogP contribution in [0.25, 0.3) is 0 Å². The zero-order valence-corrected chi connectivity index (χ0v) is 9.20. The Hall–Kier alpha value is 0.700. The Morgan fingerprint density at radius 2 is 1.50 bits per heavy atom. The second kappa shape index (κ2) is 5.43. The Kier molecular flexibility index (Phi) is 6.88. The van der Waals surface area contributed by atoms with E-state index in [9.17, 15) is 16.8 Å². The molecule has 12 heteroatoms. The molecule has 0 saturated heterocycles. The zero-order valence-electron chi connectivity index (χ0n) is 6.57. The van der Waals surface area contributed by atoms with Crippen LogP contribution in [0.3, 0.4) is 0 Å². The average molecular weight is 234 g/mol. The van der Waals surface area contributed by atoms with Crippen molar-refractivity contribution < 1.29 is 70.6 Å². The molecule has 0 rings (SSSR count).